The summed E-state index contributed by atoms with van der Waals surface area (Å²) >= 11 is 0. The number of ether oxygens (including phenoxy) is 1. The van der Waals surface area contributed by atoms with Crippen LogP contribution in [0.4, 0.5) is 0 Å². The highest BCUT2D eigenvalue weighted by molar-refractivity contribution is 5.85. The van der Waals surface area contributed by atoms with Gasteiger partial charge in [-0.05, 0) is 13.8 Å². The molecule has 0 aromatic carbocycles. The average molecular weight is 229 g/mol. The summed E-state index contributed by atoms with van der Waals surface area (Å²) in [5.74, 6) is 0.507. The quantitative estimate of drug-likeness (QED) is 0.730. The number of rotatable bonds is 2. The number of hydrogen-bond donors (Lipinski definition) is 0. The van der Waals surface area contributed by atoms with Crippen molar-refractivity contribution in [2.75, 3.05) is 6.61 Å². The Morgan fingerprint density at radius 2 is 1.75 bits per heavy atom. The van der Waals surface area contributed by atoms with Crippen molar-refractivity contribution in [3.63, 3.8) is 0 Å². The number of aryl methyl sites for hydroxylation is 1. The van der Waals surface area contributed by atoms with Crippen LogP contribution in [0.5, 0.6) is 0 Å². The molecule has 1 aromatic heterocycles. The molecule has 16 heavy (non-hydrogen) atoms. The molecule has 0 bridgehead atoms. The first kappa shape index (κ1) is 17.0. The van der Waals surface area contributed by atoms with Crippen LogP contribution in [-0.2, 0) is 11.8 Å². The highest BCUT2D eigenvalue weighted by Gasteiger charge is 2.14. The minimum absolute atomic E-state index is 0.245. The third kappa shape index (κ3) is 4.91. The number of carbonyl (C=O) groups is 1. The first-order valence-electron chi connectivity index (χ1n) is 5.70. The van der Waals surface area contributed by atoms with Gasteiger partial charge in [-0.2, -0.15) is 0 Å². The molecule has 0 atom stereocenters. The molecule has 0 aliphatic carbocycles. The molecular formula is C11H23N3O2. The van der Waals surface area contributed by atoms with E-state index in [-0.39, 0.29) is 5.82 Å². The van der Waals surface area contributed by atoms with Crippen molar-refractivity contribution in [1.82, 2.24) is 14.8 Å². The van der Waals surface area contributed by atoms with Crippen LogP contribution in [0.25, 0.3) is 0 Å². The van der Waals surface area contributed by atoms with Crippen LogP contribution in [0.1, 0.15) is 51.1 Å². The van der Waals surface area contributed by atoms with Crippen LogP contribution >= 0.6 is 0 Å². The topological polar surface area (TPSA) is 57.0 Å². The Morgan fingerprint density at radius 1 is 1.25 bits per heavy atom. The van der Waals surface area contributed by atoms with Crippen LogP contribution in [0.2, 0.25) is 0 Å². The summed E-state index contributed by atoms with van der Waals surface area (Å²) in [5, 5.41) is 7.40. The molecule has 0 aliphatic rings. The number of hydrogen-bond acceptors (Lipinski definition) is 4. The second kappa shape index (κ2) is 10.1. The molecule has 94 valence electrons. The molecule has 1 rings (SSSR count). The predicted molar refractivity (Wildman–Crippen MR) is 64.4 cm³/mol. The van der Waals surface area contributed by atoms with Crippen molar-refractivity contribution < 1.29 is 9.53 Å². The zero-order valence-corrected chi connectivity index (χ0v) is 11.4. The summed E-state index contributed by atoms with van der Waals surface area (Å²) < 4.78 is 6.36. The van der Waals surface area contributed by atoms with Crippen LogP contribution in [0.15, 0.2) is 0 Å². The molecule has 0 saturated heterocycles. The zero-order chi connectivity index (χ0) is 13.1. The highest BCUT2D eigenvalue weighted by atomic mass is 16.5. The molecule has 1 aromatic rings. The van der Waals surface area contributed by atoms with E-state index in [9.17, 15) is 4.79 Å². The second-order valence-corrected chi connectivity index (χ2v) is 2.35. The van der Waals surface area contributed by atoms with Gasteiger partial charge >= 0.3 is 5.97 Å². The fraction of sp³-hybridized carbons (Fsp3) is 0.727. The first-order chi connectivity index (χ1) is 7.66. The lowest BCUT2D eigenvalue weighted by Gasteiger charge is -2.00. The van der Waals surface area contributed by atoms with Crippen LogP contribution in [-0.4, -0.2) is 27.3 Å². The maximum atomic E-state index is 11.1. The summed E-state index contributed by atoms with van der Waals surface area (Å²) in [6.07, 6.45) is 0. The Hall–Kier alpha value is -1.39. The number of carbonyl (C=O) groups excluding carboxylic acids is 1. The molecule has 0 radical (unpaired) electrons. The third-order valence-electron chi connectivity index (χ3n) is 1.55. The normalized spacial score (nSPS) is 8.19. The molecule has 0 fully saturated rings. The summed E-state index contributed by atoms with van der Waals surface area (Å²) in [5.41, 5.74) is 0. The Morgan fingerprint density at radius 3 is 2.06 bits per heavy atom. The molecule has 0 amide bonds. The Kier molecular flexibility index (Phi) is 10.8. The van der Waals surface area contributed by atoms with E-state index in [0.717, 1.165) is 0 Å². The molecule has 0 unspecified atom stereocenters. The van der Waals surface area contributed by atoms with Crippen molar-refractivity contribution >= 4 is 5.97 Å². The maximum absolute atomic E-state index is 11.1. The first-order valence-corrected chi connectivity index (χ1v) is 5.70. The summed E-state index contributed by atoms with van der Waals surface area (Å²) in [7, 11) is 1.72. The van der Waals surface area contributed by atoms with Gasteiger partial charge in [-0.25, -0.2) is 4.79 Å². The third-order valence-corrected chi connectivity index (χ3v) is 1.55. The summed E-state index contributed by atoms with van der Waals surface area (Å²) in [4.78, 5) is 11.1. The predicted octanol–water partition coefficient (Wildman–Crippen LogP) is 2.35. The van der Waals surface area contributed by atoms with Gasteiger partial charge in [0.15, 0.2) is 0 Å². The zero-order valence-electron chi connectivity index (χ0n) is 11.4. The smallest absolute Gasteiger partial charge is 0.376 e. The fourth-order valence-corrected chi connectivity index (χ4v) is 0.781. The van der Waals surface area contributed by atoms with Crippen molar-refractivity contribution in [2.45, 2.75) is 41.5 Å². The largest absolute Gasteiger partial charge is 0.460 e. The minimum Gasteiger partial charge on any atom is -0.460 e. The van der Waals surface area contributed by atoms with Gasteiger partial charge in [0, 0.05) is 7.05 Å². The van der Waals surface area contributed by atoms with Gasteiger partial charge in [0.05, 0.1) is 6.61 Å². The number of aromatic nitrogens is 3. The second-order valence-electron chi connectivity index (χ2n) is 2.35. The van der Waals surface area contributed by atoms with Crippen molar-refractivity contribution in [1.29, 1.82) is 0 Å². The van der Waals surface area contributed by atoms with E-state index < -0.39 is 5.97 Å². The van der Waals surface area contributed by atoms with Crippen LogP contribution in [0, 0.1) is 6.92 Å². The lowest BCUT2D eigenvalue weighted by atomic mass is 10.6. The minimum atomic E-state index is -0.430. The lowest BCUT2D eigenvalue weighted by Crippen LogP contribution is -2.11. The molecule has 5 nitrogen and oxygen atoms in total. The summed E-state index contributed by atoms with van der Waals surface area (Å²) in [6.45, 7) is 11.9. The highest BCUT2D eigenvalue weighted by Crippen LogP contribution is 1.99. The van der Waals surface area contributed by atoms with Gasteiger partial charge in [0.2, 0.25) is 5.82 Å². The monoisotopic (exact) mass is 229 g/mol. The standard InChI is InChI=1S/C7H11N3O2.2C2H6/c1-4-12-7(11)6-9-8-5(2)10(6)3;2*1-2/h4H2,1-3H3;2*1-2H3. The van der Waals surface area contributed by atoms with E-state index in [2.05, 4.69) is 10.2 Å². The van der Waals surface area contributed by atoms with E-state index in [4.69, 9.17) is 4.74 Å². The average Bonchev–Trinajstić information content (AvgIpc) is 2.66. The molecule has 0 N–H and O–H groups in total. The number of nitrogens with zero attached hydrogens (tertiary/aromatic N) is 3. The molecule has 0 aliphatic heterocycles. The van der Waals surface area contributed by atoms with Gasteiger partial charge in [-0.15, -0.1) is 10.2 Å². The molecule has 1 heterocycles. The Bertz CT molecular complexity index is 295. The Balaban J connectivity index is 0. The SMILES string of the molecule is CC.CC.CCOC(=O)c1nnc(C)n1C. The van der Waals surface area contributed by atoms with Gasteiger partial charge in [-0.3, -0.25) is 0 Å². The number of esters is 1. The van der Waals surface area contributed by atoms with E-state index in [1.807, 2.05) is 27.7 Å². The lowest BCUT2D eigenvalue weighted by molar-refractivity contribution is 0.0507. The summed E-state index contributed by atoms with van der Waals surface area (Å²) in [6, 6.07) is 0. The maximum Gasteiger partial charge on any atom is 0.376 e. The van der Waals surface area contributed by atoms with E-state index in [0.29, 0.717) is 12.4 Å². The van der Waals surface area contributed by atoms with Crippen molar-refractivity contribution in [2.24, 2.45) is 7.05 Å². The van der Waals surface area contributed by atoms with E-state index >= 15 is 0 Å². The van der Waals surface area contributed by atoms with Gasteiger partial charge < -0.3 is 9.30 Å². The van der Waals surface area contributed by atoms with Crippen molar-refractivity contribution in [3.05, 3.63) is 11.6 Å². The van der Waals surface area contributed by atoms with E-state index in [1.165, 1.54) is 0 Å². The molecular weight excluding hydrogens is 206 g/mol. The molecule has 0 saturated carbocycles. The Labute approximate surface area is 97.8 Å². The fourth-order valence-electron chi connectivity index (χ4n) is 0.781. The van der Waals surface area contributed by atoms with Gasteiger partial charge in [-0.1, -0.05) is 27.7 Å². The van der Waals surface area contributed by atoms with Crippen molar-refractivity contribution in [3.8, 4) is 0 Å². The van der Waals surface area contributed by atoms with Crippen LogP contribution < -0.4 is 0 Å². The molecule has 0 spiro atoms. The van der Waals surface area contributed by atoms with E-state index in [1.54, 1.807) is 25.5 Å². The van der Waals surface area contributed by atoms with Gasteiger partial charge in [0.1, 0.15) is 5.82 Å². The molecule has 5 heteroatoms. The van der Waals surface area contributed by atoms with Gasteiger partial charge in [0.25, 0.3) is 0 Å². The van der Waals surface area contributed by atoms with Crippen LogP contribution in [0.3, 0.4) is 0 Å².